The number of benzene rings is 1. The van der Waals surface area contributed by atoms with Crippen LogP contribution in [0.2, 0.25) is 5.02 Å². The molecule has 8 heteroatoms. The van der Waals surface area contributed by atoms with Gasteiger partial charge in [-0.25, -0.2) is 0 Å². The highest BCUT2D eigenvalue weighted by atomic mass is 35.5. The van der Waals surface area contributed by atoms with E-state index in [1.54, 1.807) is 36.6 Å². The van der Waals surface area contributed by atoms with Crippen molar-refractivity contribution in [2.75, 3.05) is 26.7 Å². The highest BCUT2D eigenvalue weighted by molar-refractivity contribution is 7.10. The Kier molecular flexibility index (Phi) is 7.84. The average molecular weight is 497 g/mol. The molecule has 176 valence electrons. The summed E-state index contributed by atoms with van der Waals surface area (Å²) in [6, 6.07) is 9.26. The van der Waals surface area contributed by atoms with Gasteiger partial charge in [-0.2, -0.15) is 0 Å². The Morgan fingerprint density at radius 3 is 2.94 bits per heavy atom. The van der Waals surface area contributed by atoms with Gasteiger partial charge in [0.1, 0.15) is 5.75 Å². The number of hydrogen-bond acceptors (Lipinski definition) is 6. The van der Waals surface area contributed by atoms with Gasteiger partial charge >= 0.3 is 5.97 Å². The van der Waals surface area contributed by atoms with Crippen molar-refractivity contribution in [3.63, 3.8) is 0 Å². The molecular formula is C26H25ClN2O4S. The number of aliphatic carboxylic acids is 1. The van der Waals surface area contributed by atoms with Gasteiger partial charge in [-0.15, -0.1) is 11.3 Å². The number of thiophene rings is 1. The lowest BCUT2D eigenvalue weighted by Crippen LogP contribution is -2.44. The third-order valence-electron chi connectivity index (χ3n) is 6.24. The lowest BCUT2D eigenvalue weighted by atomic mass is 9.81. The van der Waals surface area contributed by atoms with Crippen molar-refractivity contribution in [2.45, 2.75) is 19.3 Å². The number of Topliss-reactive ketones (excluding diaryl/α,β-unsaturated/α-hetero) is 1. The van der Waals surface area contributed by atoms with Crippen LogP contribution in [0.15, 0.2) is 41.9 Å². The maximum atomic E-state index is 13.2. The summed E-state index contributed by atoms with van der Waals surface area (Å²) in [7, 11) is 1.56. The molecule has 1 saturated heterocycles. The number of ether oxygens (including phenoxy) is 1. The summed E-state index contributed by atoms with van der Waals surface area (Å²) in [6.07, 6.45) is 2.92. The Morgan fingerprint density at radius 1 is 1.35 bits per heavy atom. The summed E-state index contributed by atoms with van der Waals surface area (Å²) >= 11 is 7.95. The number of rotatable bonds is 7. The normalized spacial score (nSPS) is 18.3. The van der Waals surface area contributed by atoms with Crippen LogP contribution in [0.25, 0.3) is 10.9 Å². The number of halogens is 1. The van der Waals surface area contributed by atoms with Crippen molar-refractivity contribution in [1.82, 2.24) is 9.88 Å². The molecule has 3 aromatic rings. The number of hydrogen-bond donors (Lipinski definition) is 1. The quantitative estimate of drug-likeness (QED) is 0.366. The first-order valence-electron chi connectivity index (χ1n) is 11.1. The summed E-state index contributed by atoms with van der Waals surface area (Å²) in [4.78, 5) is 32.6. The standard InChI is InChI=1S/C26H25ClN2O4S/c1-33-18-7-8-23-20(14-18)25(22(27)15-28-23)24(30)9-6-17-10-12-29(16-21(17)26(31)32)11-2-4-19-5-3-13-34-19/h3,5,7-8,13-15,17,21H,6,9-12,16H2,1H3,(H,31,32)/t17-,21+/m0/s1. The van der Waals surface area contributed by atoms with E-state index < -0.39 is 11.9 Å². The second-order valence-electron chi connectivity index (χ2n) is 8.33. The van der Waals surface area contributed by atoms with Crippen LogP contribution in [0, 0.1) is 23.7 Å². The SMILES string of the molecule is COc1ccc2ncc(Cl)c(C(=O)CC[C@H]3CCN(CC#Cc4cccs4)C[C@H]3C(=O)O)c2c1. The van der Waals surface area contributed by atoms with E-state index in [2.05, 4.69) is 21.7 Å². The van der Waals surface area contributed by atoms with Crippen LogP contribution >= 0.6 is 22.9 Å². The minimum atomic E-state index is -0.828. The summed E-state index contributed by atoms with van der Waals surface area (Å²) in [5.41, 5.74) is 1.08. The molecule has 0 bridgehead atoms. The van der Waals surface area contributed by atoms with Crippen molar-refractivity contribution in [1.29, 1.82) is 0 Å². The number of carbonyl (C=O) groups is 2. The smallest absolute Gasteiger partial charge is 0.308 e. The number of carboxylic acids is 1. The number of nitrogens with zero attached hydrogens (tertiary/aromatic N) is 2. The number of methoxy groups -OCH3 is 1. The van der Waals surface area contributed by atoms with Crippen LogP contribution < -0.4 is 4.74 Å². The van der Waals surface area contributed by atoms with Crippen molar-refractivity contribution >= 4 is 45.6 Å². The lowest BCUT2D eigenvalue weighted by molar-refractivity contribution is -0.146. The summed E-state index contributed by atoms with van der Waals surface area (Å²) in [6.45, 7) is 1.73. The molecule has 3 heterocycles. The minimum absolute atomic E-state index is 0.0793. The predicted octanol–water partition coefficient (Wildman–Crippen LogP) is 5.00. The molecule has 2 aromatic heterocycles. The molecule has 0 unspecified atom stereocenters. The van der Waals surface area contributed by atoms with Gasteiger partial charge in [0.05, 0.1) is 35.0 Å². The minimum Gasteiger partial charge on any atom is -0.497 e. The maximum Gasteiger partial charge on any atom is 0.308 e. The van der Waals surface area contributed by atoms with Gasteiger partial charge in [-0.3, -0.25) is 19.5 Å². The van der Waals surface area contributed by atoms with Crippen molar-refractivity contribution < 1.29 is 19.4 Å². The molecule has 0 aliphatic carbocycles. The van der Waals surface area contributed by atoms with Crippen LogP contribution in [-0.2, 0) is 4.79 Å². The third kappa shape index (κ3) is 5.58. The topological polar surface area (TPSA) is 79.7 Å². The fourth-order valence-electron chi connectivity index (χ4n) is 4.42. The van der Waals surface area contributed by atoms with E-state index in [1.807, 2.05) is 17.5 Å². The average Bonchev–Trinajstić information content (AvgIpc) is 3.36. The number of carbonyl (C=O) groups excluding carboxylic acids is 1. The van der Waals surface area contributed by atoms with Crippen LogP contribution in [0.5, 0.6) is 5.75 Å². The molecule has 1 N–H and O–H groups in total. The molecule has 0 saturated carbocycles. The molecule has 6 nitrogen and oxygen atoms in total. The molecule has 1 aliphatic rings. The van der Waals surface area contributed by atoms with Crippen LogP contribution in [0.4, 0.5) is 0 Å². The van der Waals surface area contributed by atoms with Crippen molar-refractivity contribution in [2.24, 2.45) is 11.8 Å². The van der Waals surface area contributed by atoms with E-state index in [0.717, 1.165) is 11.4 Å². The third-order valence-corrected chi connectivity index (χ3v) is 7.31. The van der Waals surface area contributed by atoms with Crippen LogP contribution in [0.1, 0.15) is 34.5 Å². The zero-order valence-corrected chi connectivity index (χ0v) is 20.4. The summed E-state index contributed by atoms with van der Waals surface area (Å²) in [5, 5.41) is 12.8. The van der Waals surface area contributed by atoms with E-state index in [-0.39, 0.29) is 18.1 Å². The largest absolute Gasteiger partial charge is 0.497 e. The van der Waals surface area contributed by atoms with Crippen LogP contribution in [-0.4, -0.2) is 53.5 Å². The first kappa shape index (κ1) is 24.2. The zero-order chi connectivity index (χ0) is 24.1. The Hall–Kier alpha value is -2.92. The summed E-state index contributed by atoms with van der Waals surface area (Å²) in [5.74, 6) is 5.33. The maximum absolute atomic E-state index is 13.2. The van der Waals surface area contributed by atoms with E-state index >= 15 is 0 Å². The fourth-order valence-corrected chi connectivity index (χ4v) is 5.27. The Labute approximate surface area is 207 Å². The second-order valence-corrected chi connectivity index (χ2v) is 9.69. The molecular weight excluding hydrogens is 472 g/mol. The number of fused-ring (bicyclic) bond motifs is 1. The fraction of sp³-hybridized carbons (Fsp3) is 0.346. The number of ketones is 1. The molecule has 1 aromatic carbocycles. The highest BCUT2D eigenvalue weighted by Gasteiger charge is 2.34. The first-order valence-corrected chi connectivity index (χ1v) is 12.3. The zero-order valence-electron chi connectivity index (χ0n) is 18.8. The molecule has 1 fully saturated rings. The van der Waals surface area contributed by atoms with E-state index in [4.69, 9.17) is 16.3 Å². The van der Waals surface area contributed by atoms with Gasteiger partial charge in [0.25, 0.3) is 0 Å². The van der Waals surface area contributed by atoms with Crippen molar-refractivity contribution in [3.8, 4) is 17.6 Å². The molecule has 0 radical (unpaired) electrons. The molecule has 0 spiro atoms. The molecule has 34 heavy (non-hydrogen) atoms. The van der Waals surface area contributed by atoms with Gasteiger partial charge in [0, 0.05) is 30.1 Å². The van der Waals surface area contributed by atoms with Gasteiger partial charge in [-0.05, 0) is 54.9 Å². The molecule has 4 rings (SSSR count). The predicted molar refractivity (Wildman–Crippen MR) is 134 cm³/mol. The lowest BCUT2D eigenvalue weighted by Gasteiger charge is -2.35. The molecule has 0 amide bonds. The van der Waals surface area contributed by atoms with E-state index in [1.165, 1.54) is 6.20 Å². The second kappa shape index (κ2) is 11.0. The number of aromatic nitrogens is 1. The summed E-state index contributed by atoms with van der Waals surface area (Å²) < 4.78 is 5.29. The van der Waals surface area contributed by atoms with E-state index in [9.17, 15) is 14.7 Å². The van der Waals surface area contributed by atoms with Crippen LogP contribution in [0.3, 0.4) is 0 Å². The Morgan fingerprint density at radius 2 is 2.21 bits per heavy atom. The van der Waals surface area contributed by atoms with Gasteiger partial charge in [0.15, 0.2) is 5.78 Å². The highest BCUT2D eigenvalue weighted by Crippen LogP contribution is 2.32. The number of carboxylic acid groups (broad SMARTS) is 1. The first-order chi connectivity index (χ1) is 16.5. The van der Waals surface area contributed by atoms with Gasteiger partial charge < -0.3 is 9.84 Å². The molecule has 1 aliphatic heterocycles. The Balaban J connectivity index is 1.42. The van der Waals surface area contributed by atoms with Crippen molar-refractivity contribution in [3.05, 3.63) is 57.4 Å². The Bertz CT molecular complexity index is 1250. The number of pyridine rings is 1. The van der Waals surface area contributed by atoms with Gasteiger partial charge in [-0.1, -0.05) is 29.5 Å². The monoisotopic (exact) mass is 496 g/mol. The molecule has 2 atom stereocenters. The van der Waals surface area contributed by atoms with Gasteiger partial charge in [0.2, 0.25) is 0 Å². The number of piperidine rings is 1. The number of likely N-dealkylation sites (tertiary alicyclic amines) is 1. The van der Waals surface area contributed by atoms with E-state index in [0.29, 0.717) is 53.2 Å².